The number of amides is 1. The predicted molar refractivity (Wildman–Crippen MR) is 75.9 cm³/mol. The predicted octanol–water partition coefficient (Wildman–Crippen LogP) is 2.03. The summed E-state index contributed by atoms with van der Waals surface area (Å²) in [5.41, 5.74) is 7.13. The average molecular weight is 257 g/mol. The Kier molecular flexibility index (Phi) is 2.82. The van der Waals surface area contributed by atoms with Crippen LogP contribution in [0.1, 0.15) is 30.1 Å². The molecule has 0 saturated heterocycles. The molecule has 1 amide bonds. The van der Waals surface area contributed by atoms with E-state index >= 15 is 0 Å². The Bertz CT molecular complexity index is 615. The van der Waals surface area contributed by atoms with Crippen molar-refractivity contribution in [2.24, 2.45) is 11.7 Å². The van der Waals surface area contributed by atoms with Crippen LogP contribution in [0.15, 0.2) is 30.5 Å². The third-order valence-corrected chi connectivity index (χ3v) is 4.13. The first-order valence-electron chi connectivity index (χ1n) is 6.73. The molecule has 1 aliphatic rings. The van der Waals surface area contributed by atoms with Gasteiger partial charge in [0.05, 0.1) is 16.6 Å². The summed E-state index contributed by atoms with van der Waals surface area (Å²) in [6, 6.07) is 7.71. The summed E-state index contributed by atoms with van der Waals surface area (Å²) in [6.07, 6.45) is 4.16. The molecule has 1 heterocycles. The fraction of sp³-hybridized carbons (Fsp3) is 0.400. The third kappa shape index (κ3) is 2.12. The maximum Gasteiger partial charge on any atom is 0.253 e. The van der Waals surface area contributed by atoms with Crippen molar-refractivity contribution in [3.63, 3.8) is 0 Å². The van der Waals surface area contributed by atoms with Gasteiger partial charge in [0, 0.05) is 18.1 Å². The summed E-state index contributed by atoms with van der Waals surface area (Å²) in [5.74, 6) is 0.470. The molecule has 4 heteroatoms. The number of aromatic nitrogens is 1. The van der Waals surface area contributed by atoms with Gasteiger partial charge in [-0.3, -0.25) is 4.79 Å². The maximum absolute atomic E-state index is 12.5. The largest absolute Gasteiger partial charge is 0.361 e. The normalized spacial score (nSPS) is 18.2. The van der Waals surface area contributed by atoms with Crippen molar-refractivity contribution in [1.82, 2.24) is 10.3 Å². The molecule has 100 valence electrons. The van der Waals surface area contributed by atoms with E-state index in [1.165, 1.54) is 0 Å². The molecule has 1 saturated carbocycles. The molecule has 0 spiro atoms. The Labute approximate surface area is 112 Å². The summed E-state index contributed by atoms with van der Waals surface area (Å²) in [4.78, 5) is 15.6. The molecule has 1 atom stereocenters. The molecule has 4 N–H and O–H groups in total. The van der Waals surface area contributed by atoms with Gasteiger partial charge in [-0.15, -0.1) is 0 Å². The maximum atomic E-state index is 12.5. The van der Waals surface area contributed by atoms with Crippen LogP contribution < -0.4 is 11.1 Å². The van der Waals surface area contributed by atoms with Gasteiger partial charge in [-0.1, -0.05) is 12.1 Å². The molecule has 1 fully saturated rings. The second-order valence-electron chi connectivity index (χ2n) is 5.60. The molecule has 19 heavy (non-hydrogen) atoms. The van der Waals surface area contributed by atoms with E-state index in [4.69, 9.17) is 5.73 Å². The van der Waals surface area contributed by atoms with Crippen LogP contribution in [0.5, 0.6) is 0 Å². The van der Waals surface area contributed by atoms with E-state index in [2.05, 4.69) is 10.3 Å². The number of nitrogens with two attached hydrogens (primary N) is 1. The van der Waals surface area contributed by atoms with E-state index in [1.807, 2.05) is 37.4 Å². The van der Waals surface area contributed by atoms with Crippen molar-refractivity contribution in [2.75, 3.05) is 6.54 Å². The first-order chi connectivity index (χ1) is 9.14. The lowest BCUT2D eigenvalue weighted by molar-refractivity contribution is 0.0899. The smallest absolute Gasteiger partial charge is 0.253 e. The van der Waals surface area contributed by atoms with E-state index in [0.717, 1.165) is 23.7 Å². The second-order valence-corrected chi connectivity index (χ2v) is 5.60. The highest BCUT2D eigenvalue weighted by Crippen LogP contribution is 2.39. The lowest BCUT2D eigenvalue weighted by atomic mass is 9.95. The van der Waals surface area contributed by atoms with Crippen LogP contribution >= 0.6 is 0 Å². The lowest BCUT2D eigenvalue weighted by Crippen LogP contribution is -2.53. The topological polar surface area (TPSA) is 70.9 Å². The highest BCUT2D eigenvalue weighted by atomic mass is 16.1. The third-order valence-electron chi connectivity index (χ3n) is 4.13. The number of H-pyrrole nitrogens is 1. The van der Waals surface area contributed by atoms with Crippen LogP contribution in [0.3, 0.4) is 0 Å². The number of para-hydroxylation sites is 1. The number of benzene rings is 1. The van der Waals surface area contributed by atoms with E-state index in [9.17, 15) is 4.79 Å². The van der Waals surface area contributed by atoms with E-state index in [0.29, 0.717) is 18.0 Å². The lowest BCUT2D eigenvalue weighted by Gasteiger charge is -2.29. The monoisotopic (exact) mass is 257 g/mol. The molecular formula is C15H19N3O. The van der Waals surface area contributed by atoms with Gasteiger partial charge in [-0.05, 0) is 37.8 Å². The molecule has 1 aromatic carbocycles. The van der Waals surface area contributed by atoms with Gasteiger partial charge in [0.15, 0.2) is 0 Å². The Morgan fingerprint density at radius 3 is 2.95 bits per heavy atom. The minimum absolute atomic E-state index is 0.0482. The number of carbonyl (C=O) groups is 1. The standard InChI is InChI=1S/C15H19N3O/c1-15(9-16,11-5-6-11)18-14(19)12-4-2-3-10-7-8-17-13(10)12/h2-4,7-8,11,17H,5-6,9,16H2,1H3,(H,18,19). The van der Waals surface area contributed by atoms with Crippen molar-refractivity contribution in [3.8, 4) is 0 Å². The molecule has 4 nitrogen and oxygen atoms in total. The van der Waals surface area contributed by atoms with Crippen molar-refractivity contribution in [3.05, 3.63) is 36.0 Å². The quantitative estimate of drug-likeness (QED) is 0.784. The van der Waals surface area contributed by atoms with Gasteiger partial charge in [0.1, 0.15) is 0 Å². The zero-order valence-electron chi connectivity index (χ0n) is 11.1. The molecule has 1 aromatic heterocycles. The Balaban J connectivity index is 1.89. The number of hydrogen-bond donors (Lipinski definition) is 3. The van der Waals surface area contributed by atoms with E-state index in [1.54, 1.807) is 0 Å². The van der Waals surface area contributed by atoms with Gasteiger partial charge in [-0.2, -0.15) is 0 Å². The van der Waals surface area contributed by atoms with Gasteiger partial charge < -0.3 is 16.0 Å². The number of carbonyl (C=O) groups excluding carboxylic acids is 1. The van der Waals surface area contributed by atoms with Crippen molar-refractivity contribution >= 4 is 16.8 Å². The average Bonchev–Trinajstić information content (AvgIpc) is 3.16. The van der Waals surface area contributed by atoms with Crippen molar-refractivity contribution in [1.29, 1.82) is 0 Å². The van der Waals surface area contributed by atoms with E-state index in [-0.39, 0.29) is 11.4 Å². The molecule has 0 radical (unpaired) electrons. The molecule has 0 aliphatic heterocycles. The highest BCUT2D eigenvalue weighted by molar-refractivity contribution is 6.05. The van der Waals surface area contributed by atoms with Gasteiger partial charge in [0.2, 0.25) is 0 Å². The summed E-state index contributed by atoms with van der Waals surface area (Å²) >= 11 is 0. The molecule has 2 aromatic rings. The van der Waals surface area contributed by atoms with Crippen LogP contribution in [0.25, 0.3) is 10.9 Å². The summed E-state index contributed by atoms with van der Waals surface area (Å²) in [7, 11) is 0. The summed E-state index contributed by atoms with van der Waals surface area (Å²) in [6.45, 7) is 2.52. The van der Waals surface area contributed by atoms with Crippen LogP contribution in [0.2, 0.25) is 0 Å². The first-order valence-corrected chi connectivity index (χ1v) is 6.73. The Morgan fingerprint density at radius 2 is 2.26 bits per heavy atom. The fourth-order valence-corrected chi connectivity index (χ4v) is 2.64. The number of nitrogens with one attached hydrogen (secondary N) is 2. The molecule has 1 unspecified atom stereocenters. The Hall–Kier alpha value is -1.81. The van der Waals surface area contributed by atoms with Crippen molar-refractivity contribution < 1.29 is 4.79 Å². The number of rotatable bonds is 4. The molecule has 1 aliphatic carbocycles. The second kappa shape index (κ2) is 4.38. The van der Waals surface area contributed by atoms with Gasteiger partial charge in [0.25, 0.3) is 5.91 Å². The highest BCUT2D eigenvalue weighted by Gasteiger charge is 2.41. The summed E-state index contributed by atoms with van der Waals surface area (Å²) in [5, 5.41) is 4.17. The van der Waals surface area contributed by atoms with Crippen molar-refractivity contribution in [2.45, 2.75) is 25.3 Å². The van der Waals surface area contributed by atoms with Crippen LogP contribution in [-0.2, 0) is 0 Å². The van der Waals surface area contributed by atoms with Gasteiger partial charge in [-0.25, -0.2) is 0 Å². The fourth-order valence-electron chi connectivity index (χ4n) is 2.64. The zero-order chi connectivity index (χ0) is 13.5. The zero-order valence-corrected chi connectivity index (χ0v) is 11.1. The molecule has 3 rings (SSSR count). The minimum Gasteiger partial charge on any atom is -0.361 e. The van der Waals surface area contributed by atoms with Crippen LogP contribution in [-0.4, -0.2) is 23.0 Å². The number of hydrogen-bond acceptors (Lipinski definition) is 2. The number of aromatic amines is 1. The molecule has 0 bridgehead atoms. The Morgan fingerprint density at radius 1 is 1.47 bits per heavy atom. The first kappa shape index (κ1) is 12.2. The number of fused-ring (bicyclic) bond motifs is 1. The SMILES string of the molecule is CC(CN)(NC(=O)c1cccc2cc[nH]c12)C1CC1. The van der Waals surface area contributed by atoms with Crippen LogP contribution in [0, 0.1) is 5.92 Å². The summed E-state index contributed by atoms with van der Waals surface area (Å²) < 4.78 is 0. The van der Waals surface area contributed by atoms with E-state index < -0.39 is 0 Å². The van der Waals surface area contributed by atoms with Crippen LogP contribution in [0.4, 0.5) is 0 Å². The molecular weight excluding hydrogens is 238 g/mol. The minimum atomic E-state index is -0.286. The van der Waals surface area contributed by atoms with Gasteiger partial charge >= 0.3 is 0 Å².